The Bertz CT molecular complexity index is 953. The van der Waals surface area contributed by atoms with E-state index in [-0.39, 0.29) is 6.04 Å². The Balaban J connectivity index is 1.77. The molecule has 2 aromatic carbocycles. The summed E-state index contributed by atoms with van der Waals surface area (Å²) >= 11 is 0. The number of aromatic nitrogens is 4. The molecule has 0 unspecified atom stereocenters. The molecule has 0 spiro atoms. The van der Waals surface area contributed by atoms with Crippen LogP contribution >= 0.6 is 0 Å². The number of methoxy groups -OCH3 is 2. The largest absolute Gasteiger partial charge is 0.497 e. The molecule has 1 aliphatic rings. The Kier molecular flexibility index (Phi) is 6.25. The number of quaternary nitrogens is 2. The Morgan fingerprint density at radius 1 is 1.00 bits per heavy atom. The zero-order valence-corrected chi connectivity index (χ0v) is 17.8. The molecule has 1 aromatic heterocycles. The predicted molar refractivity (Wildman–Crippen MR) is 112 cm³/mol. The first kappa shape index (κ1) is 20.3. The quantitative estimate of drug-likeness (QED) is 0.536. The van der Waals surface area contributed by atoms with Crippen molar-refractivity contribution in [2.75, 3.05) is 47.4 Å². The van der Waals surface area contributed by atoms with Crippen LogP contribution < -0.4 is 19.3 Å². The monoisotopic (exact) mass is 410 g/mol. The van der Waals surface area contributed by atoms with E-state index < -0.39 is 0 Å². The molecule has 1 saturated heterocycles. The summed E-state index contributed by atoms with van der Waals surface area (Å²) in [6, 6.07) is 16.2. The van der Waals surface area contributed by atoms with Gasteiger partial charge in [0.25, 0.3) is 0 Å². The number of hydrogen-bond acceptors (Lipinski definition) is 5. The molecule has 1 aliphatic heterocycles. The highest BCUT2D eigenvalue weighted by Gasteiger charge is 2.37. The molecule has 30 heavy (non-hydrogen) atoms. The zero-order valence-electron chi connectivity index (χ0n) is 17.8. The van der Waals surface area contributed by atoms with Gasteiger partial charge in [-0.15, -0.1) is 5.10 Å². The highest BCUT2D eigenvalue weighted by Crippen LogP contribution is 2.31. The number of nitrogens with zero attached hydrogens (tertiary/aromatic N) is 4. The van der Waals surface area contributed by atoms with Crippen LogP contribution in [0.25, 0.3) is 0 Å². The summed E-state index contributed by atoms with van der Waals surface area (Å²) in [5.41, 5.74) is 2.22. The second-order valence-electron chi connectivity index (χ2n) is 7.84. The van der Waals surface area contributed by atoms with E-state index in [9.17, 15) is 0 Å². The predicted octanol–water partition coefficient (Wildman–Crippen LogP) is -0.759. The summed E-state index contributed by atoms with van der Waals surface area (Å²) < 4.78 is 13.2. The maximum Gasteiger partial charge on any atom is 0.214 e. The third-order valence-electron chi connectivity index (χ3n) is 5.89. The first-order chi connectivity index (χ1) is 14.7. The number of likely N-dealkylation sites (N-methyl/N-ethyl adjacent to an activating group) is 1. The second-order valence-corrected chi connectivity index (χ2v) is 7.84. The first-order valence-corrected chi connectivity index (χ1v) is 10.4. The summed E-state index contributed by atoms with van der Waals surface area (Å²) in [7, 11) is 5.64. The summed E-state index contributed by atoms with van der Waals surface area (Å²) in [6.07, 6.45) is 0. The van der Waals surface area contributed by atoms with E-state index in [2.05, 4.69) is 40.8 Å². The van der Waals surface area contributed by atoms with Crippen molar-refractivity contribution in [1.82, 2.24) is 20.2 Å². The zero-order chi connectivity index (χ0) is 20.9. The highest BCUT2D eigenvalue weighted by atomic mass is 16.5. The average Bonchev–Trinajstić information content (AvgIpc) is 3.23. The van der Waals surface area contributed by atoms with Gasteiger partial charge in [-0.05, 0) is 34.2 Å². The number of benzene rings is 2. The van der Waals surface area contributed by atoms with Gasteiger partial charge in [0.05, 0.1) is 33.4 Å². The van der Waals surface area contributed by atoms with Crippen LogP contribution in [0.15, 0.2) is 48.5 Å². The Labute approximate surface area is 177 Å². The molecule has 0 bridgehead atoms. The summed E-state index contributed by atoms with van der Waals surface area (Å²) in [5, 5.41) is 12.9. The SMILES string of the molecule is COc1ccc(OC)c([C@@H](c2nnnn2Cc2ccccc2)[NH+]2CC[NH+](C)CC2)c1. The summed E-state index contributed by atoms with van der Waals surface area (Å²) in [4.78, 5) is 3.00. The Hall–Kier alpha value is -2.97. The van der Waals surface area contributed by atoms with Crippen molar-refractivity contribution >= 4 is 0 Å². The second kappa shape index (κ2) is 9.23. The molecule has 8 heteroatoms. The molecular formula is C22H30N6O2+2. The van der Waals surface area contributed by atoms with Gasteiger partial charge in [0, 0.05) is 0 Å². The smallest absolute Gasteiger partial charge is 0.214 e. The van der Waals surface area contributed by atoms with Gasteiger partial charge in [-0.1, -0.05) is 30.3 Å². The van der Waals surface area contributed by atoms with E-state index >= 15 is 0 Å². The lowest BCUT2D eigenvalue weighted by atomic mass is 10.0. The maximum atomic E-state index is 5.74. The lowest BCUT2D eigenvalue weighted by molar-refractivity contribution is -1.02. The van der Waals surface area contributed by atoms with E-state index in [0.29, 0.717) is 6.54 Å². The molecule has 0 radical (unpaired) electrons. The van der Waals surface area contributed by atoms with Crippen molar-refractivity contribution in [2.45, 2.75) is 12.6 Å². The van der Waals surface area contributed by atoms with Crippen molar-refractivity contribution in [1.29, 1.82) is 0 Å². The molecule has 2 N–H and O–H groups in total. The van der Waals surface area contributed by atoms with Gasteiger partial charge in [-0.2, -0.15) is 0 Å². The van der Waals surface area contributed by atoms with Gasteiger partial charge in [-0.3, -0.25) is 0 Å². The number of piperazine rings is 1. The lowest BCUT2D eigenvalue weighted by Crippen LogP contribution is -3.27. The van der Waals surface area contributed by atoms with Crippen molar-refractivity contribution in [3.63, 3.8) is 0 Å². The minimum Gasteiger partial charge on any atom is -0.497 e. The first-order valence-electron chi connectivity index (χ1n) is 10.4. The molecule has 0 amide bonds. The van der Waals surface area contributed by atoms with Gasteiger partial charge in [0.15, 0.2) is 6.04 Å². The lowest BCUT2D eigenvalue weighted by Gasteiger charge is -2.33. The van der Waals surface area contributed by atoms with Crippen molar-refractivity contribution < 1.29 is 19.3 Å². The van der Waals surface area contributed by atoms with Gasteiger partial charge < -0.3 is 19.3 Å². The Morgan fingerprint density at radius 2 is 1.77 bits per heavy atom. The van der Waals surface area contributed by atoms with E-state index in [4.69, 9.17) is 9.47 Å². The minimum absolute atomic E-state index is 0.0399. The molecule has 8 nitrogen and oxygen atoms in total. The van der Waals surface area contributed by atoms with Crippen LogP contribution in [-0.4, -0.2) is 67.7 Å². The molecule has 4 rings (SSSR count). The van der Waals surface area contributed by atoms with Crippen LogP contribution in [0.5, 0.6) is 11.5 Å². The van der Waals surface area contributed by atoms with Crippen LogP contribution in [0, 0.1) is 0 Å². The van der Waals surface area contributed by atoms with Crippen molar-refractivity contribution in [2.24, 2.45) is 0 Å². The van der Waals surface area contributed by atoms with Crippen molar-refractivity contribution in [3.8, 4) is 11.5 Å². The van der Waals surface area contributed by atoms with Crippen LogP contribution in [-0.2, 0) is 6.54 Å². The van der Waals surface area contributed by atoms with Gasteiger partial charge in [0.2, 0.25) is 5.82 Å². The van der Waals surface area contributed by atoms with E-state index in [1.165, 1.54) is 10.5 Å². The molecular weight excluding hydrogens is 380 g/mol. The number of tetrazole rings is 1. The van der Waals surface area contributed by atoms with E-state index in [1.54, 1.807) is 19.1 Å². The van der Waals surface area contributed by atoms with Crippen LogP contribution in [0.2, 0.25) is 0 Å². The fraction of sp³-hybridized carbons (Fsp3) is 0.409. The topological polar surface area (TPSA) is 70.9 Å². The maximum absolute atomic E-state index is 5.74. The molecule has 1 fully saturated rings. The third kappa shape index (κ3) is 4.29. The van der Waals surface area contributed by atoms with Crippen LogP contribution in [0.3, 0.4) is 0 Å². The molecule has 3 aromatic rings. The summed E-state index contributed by atoms with van der Waals surface area (Å²) in [5.74, 6) is 2.48. The number of rotatable bonds is 7. The normalized spacial score (nSPS) is 20.0. The fourth-order valence-electron chi connectivity index (χ4n) is 4.18. The minimum atomic E-state index is -0.0399. The fourth-order valence-corrected chi connectivity index (χ4v) is 4.18. The number of ether oxygens (including phenoxy) is 2. The van der Waals surface area contributed by atoms with Crippen LogP contribution in [0.4, 0.5) is 0 Å². The van der Waals surface area contributed by atoms with Gasteiger partial charge in [0.1, 0.15) is 37.7 Å². The third-order valence-corrected chi connectivity index (χ3v) is 5.89. The summed E-state index contributed by atoms with van der Waals surface area (Å²) in [6.45, 7) is 4.92. The average molecular weight is 411 g/mol. The van der Waals surface area contributed by atoms with E-state index in [0.717, 1.165) is 49.1 Å². The highest BCUT2D eigenvalue weighted by molar-refractivity contribution is 5.43. The molecule has 1 atom stereocenters. The molecule has 0 aliphatic carbocycles. The standard InChI is InChI=1S/C22H28N6O2/c1-26-11-13-27(14-12-26)21(19-15-18(29-2)9-10-20(19)30-3)22-23-24-25-28(22)16-17-7-5-4-6-8-17/h4-10,15,21H,11-14,16H2,1-3H3/p+2/t21-/m0/s1. The number of nitrogens with one attached hydrogen (secondary N) is 2. The molecule has 158 valence electrons. The van der Waals surface area contributed by atoms with E-state index in [1.807, 2.05) is 35.0 Å². The van der Waals surface area contributed by atoms with Gasteiger partial charge >= 0.3 is 0 Å². The van der Waals surface area contributed by atoms with Gasteiger partial charge in [-0.25, -0.2) is 4.68 Å². The Morgan fingerprint density at radius 3 is 2.47 bits per heavy atom. The molecule has 0 saturated carbocycles. The van der Waals surface area contributed by atoms with Crippen LogP contribution in [0.1, 0.15) is 23.0 Å². The number of hydrogen-bond donors (Lipinski definition) is 2. The molecule has 2 heterocycles. The van der Waals surface area contributed by atoms with Crippen molar-refractivity contribution in [3.05, 3.63) is 65.5 Å².